The third-order valence-corrected chi connectivity index (χ3v) is 3.77. The Hall–Kier alpha value is -3.12. The maximum absolute atomic E-state index is 12.1. The second-order valence-electron chi connectivity index (χ2n) is 5.20. The SMILES string of the molecule is O=C(COC(=O)c1cc(=O)c2ccccc2[nH]1)Nc1ccccc1Cl. The second-order valence-corrected chi connectivity index (χ2v) is 5.60. The molecule has 0 radical (unpaired) electrons. The average Bonchev–Trinajstić information content (AvgIpc) is 2.61. The van der Waals surface area contributed by atoms with E-state index < -0.39 is 18.5 Å². The monoisotopic (exact) mass is 356 g/mol. The van der Waals surface area contributed by atoms with E-state index in [4.69, 9.17) is 16.3 Å². The van der Waals surface area contributed by atoms with E-state index in [-0.39, 0.29) is 11.1 Å². The van der Waals surface area contributed by atoms with Gasteiger partial charge in [-0.3, -0.25) is 9.59 Å². The summed E-state index contributed by atoms with van der Waals surface area (Å²) in [5.74, 6) is -1.33. The van der Waals surface area contributed by atoms with Crippen molar-refractivity contribution in [2.24, 2.45) is 0 Å². The number of H-pyrrole nitrogens is 1. The van der Waals surface area contributed by atoms with Crippen LogP contribution in [0.3, 0.4) is 0 Å². The predicted molar refractivity (Wildman–Crippen MR) is 94.9 cm³/mol. The third-order valence-electron chi connectivity index (χ3n) is 3.44. The first-order valence-electron chi connectivity index (χ1n) is 7.38. The molecule has 0 saturated carbocycles. The molecule has 0 aliphatic rings. The van der Waals surface area contributed by atoms with E-state index in [0.717, 1.165) is 6.07 Å². The largest absolute Gasteiger partial charge is 0.451 e. The van der Waals surface area contributed by atoms with Crippen molar-refractivity contribution in [2.45, 2.75) is 0 Å². The molecule has 2 aromatic carbocycles. The molecule has 2 N–H and O–H groups in total. The summed E-state index contributed by atoms with van der Waals surface area (Å²) < 4.78 is 4.94. The smallest absolute Gasteiger partial charge is 0.355 e. The Bertz CT molecular complexity index is 1010. The van der Waals surface area contributed by atoms with Gasteiger partial charge in [0.25, 0.3) is 5.91 Å². The van der Waals surface area contributed by atoms with Crippen LogP contribution in [-0.4, -0.2) is 23.5 Å². The van der Waals surface area contributed by atoms with Crippen LogP contribution in [0.1, 0.15) is 10.5 Å². The van der Waals surface area contributed by atoms with Crippen molar-refractivity contribution in [2.75, 3.05) is 11.9 Å². The molecule has 0 atom stereocenters. The van der Waals surface area contributed by atoms with Gasteiger partial charge in [0.15, 0.2) is 12.0 Å². The van der Waals surface area contributed by atoms with E-state index in [0.29, 0.717) is 21.6 Å². The number of carbonyl (C=O) groups is 2. The van der Waals surface area contributed by atoms with Crippen LogP contribution in [0, 0.1) is 0 Å². The molecule has 1 amide bonds. The lowest BCUT2D eigenvalue weighted by atomic mass is 10.2. The van der Waals surface area contributed by atoms with Crippen molar-refractivity contribution in [1.82, 2.24) is 4.98 Å². The number of para-hydroxylation sites is 2. The minimum Gasteiger partial charge on any atom is -0.451 e. The summed E-state index contributed by atoms with van der Waals surface area (Å²) in [5.41, 5.74) is 0.614. The molecule has 0 saturated heterocycles. The Labute approximate surface area is 147 Å². The molecule has 25 heavy (non-hydrogen) atoms. The first-order chi connectivity index (χ1) is 12.0. The molecule has 3 rings (SSSR count). The van der Waals surface area contributed by atoms with Crippen LogP contribution >= 0.6 is 11.6 Å². The number of hydrogen-bond acceptors (Lipinski definition) is 4. The third kappa shape index (κ3) is 3.87. The first kappa shape index (κ1) is 16.7. The number of nitrogens with one attached hydrogen (secondary N) is 2. The highest BCUT2D eigenvalue weighted by Gasteiger charge is 2.13. The number of hydrogen-bond donors (Lipinski definition) is 2. The van der Waals surface area contributed by atoms with Gasteiger partial charge < -0.3 is 15.0 Å². The van der Waals surface area contributed by atoms with Gasteiger partial charge in [0.2, 0.25) is 0 Å². The van der Waals surface area contributed by atoms with Crippen LogP contribution < -0.4 is 10.7 Å². The molecule has 6 nitrogen and oxygen atoms in total. The lowest BCUT2D eigenvalue weighted by molar-refractivity contribution is -0.119. The zero-order valence-corrected chi connectivity index (χ0v) is 13.7. The fourth-order valence-electron chi connectivity index (χ4n) is 2.26. The molecule has 0 unspecified atom stereocenters. The molecule has 1 aromatic heterocycles. The van der Waals surface area contributed by atoms with Crippen molar-refractivity contribution in [3.63, 3.8) is 0 Å². The summed E-state index contributed by atoms with van der Waals surface area (Å²) in [4.78, 5) is 38.7. The molecular weight excluding hydrogens is 344 g/mol. The molecular formula is C18H13ClN2O4. The van der Waals surface area contributed by atoms with Gasteiger partial charge in [-0.25, -0.2) is 4.79 Å². The number of aromatic amines is 1. The topological polar surface area (TPSA) is 88.3 Å². The molecule has 7 heteroatoms. The Kier molecular flexibility index (Phi) is 4.81. The Morgan fingerprint density at radius 3 is 2.60 bits per heavy atom. The maximum Gasteiger partial charge on any atom is 0.355 e. The zero-order valence-electron chi connectivity index (χ0n) is 12.9. The minimum atomic E-state index is -0.794. The van der Waals surface area contributed by atoms with Crippen LogP contribution in [0.2, 0.25) is 5.02 Å². The van der Waals surface area contributed by atoms with E-state index in [2.05, 4.69) is 10.3 Å². The van der Waals surface area contributed by atoms with E-state index in [1.165, 1.54) is 0 Å². The van der Waals surface area contributed by atoms with Crippen molar-refractivity contribution in [1.29, 1.82) is 0 Å². The average molecular weight is 357 g/mol. The first-order valence-corrected chi connectivity index (χ1v) is 7.76. The number of aromatic nitrogens is 1. The Morgan fingerprint density at radius 1 is 1.08 bits per heavy atom. The van der Waals surface area contributed by atoms with Gasteiger partial charge in [0.1, 0.15) is 5.69 Å². The second kappa shape index (κ2) is 7.19. The van der Waals surface area contributed by atoms with E-state index in [9.17, 15) is 14.4 Å². The summed E-state index contributed by atoms with van der Waals surface area (Å²) in [7, 11) is 0. The van der Waals surface area contributed by atoms with Crippen molar-refractivity contribution in [3.8, 4) is 0 Å². The number of anilines is 1. The number of ether oxygens (including phenoxy) is 1. The molecule has 126 valence electrons. The van der Waals surface area contributed by atoms with Gasteiger partial charge >= 0.3 is 5.97 Å². The number of halogens is 1. The van der Waals surface area contributed by atoms with Crippen LogP contribution in [0.25, 0.3) is 10.9 Å². The summed E-state index contributed by atoms with van der Waals surface area (Å²) in [6.45, 7) is -0.501. The molecule has 0 fully saturated rings. The lowest BCUT2D eigenvalue weighted by Crippen LogP contribution is -2.22. The number of carbonyl (C=O) groups excluding carboxylic acids is 2. The molecule has 3 aromatic rings. The van der Waals surface area contributed by atoms with Crippen LogP contribution in [0.4, 0.5) is 5.69 Å². The molecule has 0 aliphatic heterocycles. The normalized spacial score (nSPS) is 10.4. The molecule has 0 bridgehead atoms. The number of rotatable bonds is 4. The highest BCUT2D eigenvalue weighted by molar-refractivity contribution is 6.33. The van der Waals surface area contributed by atoms with Crippen molar-refractivity contribution >= 4 is 40.1 Å². The van der Waals surface area contributed by atoms with Crippen LogP contribution in [-0.2, 0) is 9.53 Å². The fraction of sp³-hybridized carbons (Fsp3) is 0.0556. The van der Waals surface area contributed by atoms with E-state index in [1.54, 1.807) is 48.5 Å². The van der Waals surface area contributed by atoms with E-state index >= 15 is 0 Å². The van der Waals surface area contributed by atoms with Gasteiger partial charge in [0.05, 0.1) is 10.7 Å². The van der Waals surface area contributed by atoms with E-state index in [1.807, 2.05) is 0 Å². The van der Waals surface area contributed by atoms with Gasteiger partial charge in [-0.05, 0) is 24.3 Å². The number of pyridine rings is 1. The summed E-state index contributed by atoms with van der Waals surface area (Å²) in [6.07, 6.45) is 0. The van der Waals surface area contributed by atoms with Gasteiger partial charge in [-0.2, -0.15) is 0 Å². The number of esters is 1. The summed E-state index contributed by atoms with van der Waals surface area (Å²) in [6, 6.07) is 14.7. The quantitative estimate of drug-likeness (QED) is 0.703. The maximum atomic E-state index is 12.1. The van der Waals surface area contributed by atoms with Gasteiger partial charge in [-0.15, -0.1) is 0 Å². The van der Waals surface area contributed by atoms with Crippen molar-refractivity contribution < 1.29 is 14.3 Å². The number of benzene rings is 2. The zero-order chi connectivity index (χ0) is 17.8. The Morgan fingerprint density at radius 2 is 1.80 bits per heavy atom. The summed E-state index contributed by atoms with van der Waals surface area (Å²) >= 11 is 5.94. The molecule has 1 heterocycles. The minimum absolute atomic E-state index is 0.0192. The highest BCUT2D eigenvalue weighted by Crippen LogP contribution is 2.20. The number of amides is 1. The molecule has 0 aliphatic carbocycles. The van der Waals surface area contributed by atoms with Crippen molar-refractivity contribution in [3.05, 3.63) is 75.5 Å². The van der Waals surface area contributed by atoms with Gasteiger partial charge in [-0.1, -0.05) is 35.9 Å². The lowest BCUT2D eigenvalue weighted by Gasteiger charge is -2.08. The number of fused-ring (bicyclic) bond motifs is 1. The highest BCUT2D eigenvalue weighted by atomic mass is 35.5. The summed E-state index contributed by atoms with van der Waals surface area (Å²) in [5, 5.41) is 3.38. The van der Waals surface area contributed by atoms with Crippen LogP contribution in [0.15, 0.2) is 59.4 Å². The molecule has 0 spiro atoms. The predicted octanol–water partition coefficient (Wildman–Crippen LogP) is 2.98. The standard InChI is InChI=1S/C18H13ClN2O4/c19-12-6-2-4-8-14(12)21-17(23)10-25-18(24)15-9-16(22)11-5-1-3-7-13(11)20-15/h1-9H,10H2,(H,20,22)(H,21,23). The van der Waals surface area contributed by atoms with Gasteiger partial charge in [0, 0.05) is 17.0 Å². The Balaban J connectivity index is 1.67. The van der Waals surface area contributed by atoms with Crippen LogP contribution in [0.5, 0.6) is 0 Å². The fourth-order valence-corrected chi connectivity index (χ4v) is 2.45.